The van der Waals surface area contributed by atoms with E-state index in [2.05, 4.69) is 14.6 Å². The number of ether oxygens (including phenoxy) is 2. The van der Waals surface area contributed by atoms with Crippen molar-refractivity contribution in [3.63, 3.8) is 0 Å². The molecule has 0 spiro atoms. The molecule has 3 aromatic rings. The van der Waals surface area contributed by atoms with Gasteiger partial charge in [-0.05, 0) is 29.8 Å². The maximum absolute atomic E-state index is 12.9. The average molecular weight is 478 g/mol. The van der Waals surface area contributed by atoms with Crippen LogP contribution >= 0.6 is 11.3 Å². The molecule has 1 aromatic heterocycles. The number of nitrogens with zero attached hydrogens (tertiary/aromatic N) is 3. The van der Waals surface area contributed by atoms with Crippen LogP contribution in [0.4, 0.5) is 13.2 Å². The van der Waals surface area contributed by atoms with Gasteiger partial charge in [-0.3, -0.25) is 9.69 Å². The molecule has 33 heavy (non-hydrogen) atoms. The smallest absolute Gasteiger partial charge is 0.496 e. The lowest BCUT2D eigenvalue weighted by atomic mass is 10.2. The third-order valence-electron chi connectivity index (χ3n) is 5.28. The summed E-state index contributed by atoms with van der Waals surface area (Å²) >= 11 is 1.40. The predicted octanol–water partition coefficient (Wildman–Crippen LogP) is 4.68. The van der Waals surface area contributed by atoms with Gasteiger partial charge in [0.2, 0.25) is 0 Å². The second-order valence-electron chi connectivity index (χ2n) is 7.50. The van der Waals surface area contributed by atoms with Crippen LogP contribution in [0.1, 0.15) is 16.1 Å². The van der Waals surface area contributed by atoms with Gasteiger partial charge in [0, 0.05) is 38.1 Å². The van der Waals surface area contributed by atoms with Gasteiger partial charge >= 0.3 is 6.36 Å². The van der Waals surface area contributed by atoms with E-state index in [0.29, 0.717) is 44.2 Å². The number of hydrogen-bond acceptors (Lipinski definition) is 6. The third kappa shape index (κ3) is 5.82. The fourth-order valence-electron chi connectivity index (χ4n) is 3.64. The number of methoxy groups -OCH3 is 1. The van der Waals surface area contributed by atoms with Crippen LogP contribution in [0.5, 0.6) is 11.5 Å². The van der Waals surface area contributed by atoms with Gasteiger partial charge in [0.25, 0.3) is 5.91 Å². The number of benzene rings is 2. The molecule has 2 aromatic carbocycles. The molecule has 4 rings (SSSR count). The summed E-state index contributed by atoms with van der Waals surface area (Å²) in [5, 5.41) is 2.49. The average Bonchev–Trinajstić information content (AvgIpc) is 3.29. The van der Waals surface area contributed by atoms with Crippen molar-refractivity contribution in [2.24, 2.45) is 0 Å². The second kappa shape index (κ2) is 9.80. The summed E-state index contributed by atoms with van der Waals surface area (Å²) in [5.74, 6) is 0.357. The number of aromatic nitrogens is 1. The summed E-state index contributed by atoms with van der Waals surface area (Å²) in [5.41, 5.74) is 2.14. The Morgan fingerprint density at radius 3 is 2.42 bits per heavy atom. The van der Waals surface area contributed by atoms with Crippen LogP contribution in [0.15, 0.2) is 53.9 Å². The number of carbonyl (C=O) groups excluding carboxylic acids is 1. The molecule has 1 aliphatic heterocycles. The van der Waals surface area contributed by atoms with Crippen molar-refractivity contribution >= 4 is 17.2 Å². The zero-order chi connectivity index (χ0) is 23.4. The summed E-state index contributed by atoms with van der Waals surface area (Å²) in [6.07, 6.45) is -4.70. The number of thiazole rings is 1. The van der Waals surface area contributed by atoms with E-state index in [-0.39, 0.29) is 11.7 Å². The highest BCUT2D eigenvalue weighted by atomic mass is 32.1. The van der Waals surface area contributed by atoms with Gasteiger partial charge in [-0.1, -0.05) is 24.3 Å². The molecule has 1 amide bonds. The highest BCUT2D eigenvalue weighted by molar-refractivity contribution is 7.13. The van der Waals surface area contributed by atoms with Crippen LogP contribution < -0.4 is 9.47 Å². The fraction of sp³-hybridized carbons (Fsp3) is 0.304. The van der Waals surface area contributed by atoms with Gasteiger partial charge in [0.15, 0.2) is 0 Å². The van der Waals surface area contributed by atoms with Crippen molar-refractivity contribution in [2.45, 2.75) is 12.9 Å². The largest absolute Gasteiger partial charge is 0.573 e. The Morgan fingerprint density at radius 1 is 1.06 bits per heavy atom. The molecule has 0 bridgehead atoms. The summed E-state index contributed by atoms with van der Waals surface area (Å²) in [6, 6.07) is 13.4. The van der Waals surface area contributed by atoms with Crippen LogP contribution in [0.3, 0.4) is 0 Å². The predicted molar refractivity (Wildman–Crippen MR) is 118 cm³/mol. The number of hydrogen-bond donors (Lipinski definition) is 0. The molecule has 1 aliphatic rings. The molecule has 10 heteroatoms. The fourth-order valence-corrected chi connectivity index (χ4v) is 4.47. The Morgan fingerprint density at radius 2 is 1.76 bits per heavy atom. The molecule has 0 aliphatic carbocycles. The molecular formula is C23H22F3N3O3S. The van der Waals surface area contributed by atoms with Crippen LogP contribution in [0.25, 0.3) is 10.6 Å². The molecule has 1 saturated heterocycles. The molecule has 0 saturated carbocycles. The van der Waals surface area contributed by atoms with Crippen LogP contribution in [0.2, 0.25) is 0 Å². The van der Waals surface area contributed by atoms with Gasteiger partial charge < -0.3 is 14.4 Å². The first kappa shape index (κ1) is 23.1. The van der Waals surface area contributed by atoms with Crippen LogP contribution in [0, 0.1) is 0 Å². The van der Waals surface area contributed by atoms with E-state index in [1.807, 2.05) is 24.3 Å². The maximum atomic E-state index is 12.9. The standard InChI is InChI=1S/C23H22F3N3O3S/c1-31-20-5-3-2-4-18(20)21-27-19(15-33-21)22(30)29-12-10-28(11-13-29)14-16-6-8-17(9-7-16)32-23(24,25)26/h2-9,15H,10-14H2,1H3. The van der Waals surface area contributed by atoms with Crippen molar-refractivity contribution < 1.29 is 27.4 Å². The summed E-state index contributed by atoms with van der Waals surface area (Å²) < 4.78 is 46.2. The Labute approximate surface area is 193 Å². The molecule has 0 N–H and O–H groups in total. The van der Waals surface area contributed by atoms with Crippen molar-refractivity contribution in [1.82, 2.24) is 14.8 Å². The summed E-state index contributed by atoms with van der Waals surface area (Å²) in [6.45, 7) is 3.01. The van der Waals surface area contributed by atoms with E-state index in [4.69, 9.17) is 4.74 Å². The normalized spacial score (nSPS) is 14.8. The number of alkyl halides is 3. The van der Waals surface area contributed by atoms with Crippen molar-refractivity contribution in [2.75, 3.05) is 33.3 Å². The highest BCUT2D eigenvalue weighted by Gasteiger charge is 2.31. The highest BCUT2D eigenvalue weighted by Crippen LogP contribution is 2.32. The van der Waals surface area contributed by atoms with E-state index < -0.39 is 6.36 Å². The number of carbonyl (C=O) groups is 1. The van der Waals surface area contributed by atoms with Gasteiger partial charge in [0.1, 0.15) is 22.2 Å². The molecule has 174 valence electrons. The minimum atomic E-state index is -4.70. The lowest BCUT2D eigenvalue weighted by molar-refractivity contribution is -0.274. The van der Waals surface area contributed by atoms with E-state index in [0.717, 1.165) is 16.1 Å². The van der Waals surface area contributed by atoms with Gasteiger partial charge in [-0.2, -0.15) is 0 Å². The molecule has 1 fully saturated rings. The van der Waals surface area contributed by atoms with Crippen molar-refractivity contribution in [1.29, 1.82) is 0 Å². The zero-order valence-electron chi connectivity index (χ0n) is 17.8. The lowest BCUT2D eigenvalue weighted by Gasteiger charge is -2.34. The first-order valence-corrected chi connectivity index (χ1v) is 11.2. The van der Waals surface area contributed by atoms with Crippen LogP contribution in [-0.2, 0) is 6.54 Å². The maximum Gasteiger partial charge on any atom is 0.573 e. The van der Waals surface area contributed by atoms with Gasteiger partial charge in [0.05, 0.1) is 12.7 Å². The first-order valence-electron chi connectivity index (χ1n) is 10.3. The Balaban J connectivity index is 1.32. The number of para-hydroxylation sites is 1. The van der Waals surface area contributed by atoms with Gasteiger partial charge in [-0.25, -0.2) is 4.98 Å². The van der Waals surface area contributed by atoms with E-state index in [9.17, 15) is 18.0 Å². The SMILES string of the molecule is COc1ccccc1-c1nc(C(=O)N2CCN(Cc3ccc(OC(F)(F)F)cc3)CC2)cs1. The Kier molecular flexibility index (Phi) is 6.85. The second-order valence-corrected chi connectivity index (χ2v) is 8.36. The lowest BCUT2D eigenvalue weighted by Crippen LogP contribution is -2.48. The molecule has 0 radical (unpaired) electrons. The topological polar surface area (TPSA) is 54.9 Å². The number of amides is 1. The minimum Gasteiger partial charge on any atom is -0.496 e. The number of halogens is 3. The van der Waals surface area contributed by atoms with Crippen molar-refractivity contribution in [3.05, 3.63) is 65.2 Å². The quantitative estimate of drug-likeness (QED) is 0.516. The van der Waals surface area contributed by atoms with Crippen molar-refractivity contribution in [3.8, 4) is 22.1 Å². The van der Waals surface area contributed by atoms with E-state index in [1.54, 1.807) is 29.5 Å². The Hall–Kier alpha value is -3.11. The van der Waals surface area contributed by atoms with E-state index in [1.165, 1.54) is 23.5 Å². The molecule has 0 atom stereocenters. The van der Waals surface area contributed by atoms with E-state index >= 15 is 0 Å². The first-order chi connectivity index (χ1) is 15.8. The third-order valence-corrected chi connectivity index (χ3v) is 6.16. The Bertz CT molecular complexity index is 1090. The van der Waals surface area contributed by atoms with Gasteiger partial charge in [-0.15, -0.1) is 24.5 Å². The zero-order valence-corrected chi connectivity index (χ0v) is 18.7. The summed E-state index contributed by atoms with van der Waals surface area (Å²) in [7, 11) is 1.60. The number of rotatable bonds is 6. The van der Waals surface area contributed by atoms with Crippen LogP contribution in [-0.4, -0.2) is 60.3 Å². The minimum absolute atomic E-state index is 0.110. The monoisotopic (exact) mass is 477 g/mol. The number of piperazine rings is 1. The molecule has 2 heterocycles. The molecule has 6 nitrogen and oxygen atoms in total. The summed E-state index contributed by atoms with van der Waals surface area (Å²) in [4.78, 5) is 21.4. The molecule has 0 unspecified atom stereocenters. The molecular weight excluding hydrogens is 455 g/mol.